The number of primary sulfonamides is 1. The van der Waals surface area contributed by atoms with Crippen molar-refractivity contribution in [2.75, 3.05) is 7.11 Å². The number of methoxy groups -OCH3 is 1. The predicted molar refractivity (Wildman–Crippen MR) is 56.7 cm³/mol. The number of sulfonamides is 1. The van der Waals surface area contributed by atoms with Gasteiger partial charge in [-0.05, 0) is 24.3 Å². The van der Waals surface area contributed by atoms with Crippen LogP contribution in [0.4, 0.5) is 0 Å². The van der Waals surface area contributed by atoms with Crippen LogP contribution >= 0.6 is 0 Å². The van der Waals surface area contributed by atoms with Crippen molar-refractivity contribution in [2.24, 2.45) is 5.14 Å². The highest BCUT2D eigenvalue weighted by molar-refractivity contribution is 7.89. The van der Waals surface area contributed by atoms with Crippen LogP contribution < -0.4 is 5.14 Å². The molecule has 0 saturated heterocycles. The molecule has 1 aromatic carbocycles. The summed E-state index contributed by atoms with van der Waals surface area (Å²) in [5.41, 5.74) is 0.498. The van der Waals surface area contributed by atoms with Gasteiger partial charge in [0.15, 0.2) is 0 Å². The molecule has 84 valence electrons. The molecular formula is C10H9NO4S. The summed E-state index contributed by atoms with van der Waals surface area (Å²) < 4.78 is 26.2. The number of rotatable bonds is 1. The molecule has 6 heteroatoms. The largest absolute Gasteiger partial charge is 0.459 e. The minimum absolute atomic E-state index is 0.00359. The van der Waals surface area contributed by atoms with Crippen molar-refractivity contribution in [1.82, 2.24) is 0 Å². The van der Waals surface area contributed by atoms with Gasteiger partial charge in [-0.2, -0.15) is 0 Å². The third-order valence-corrected chi connectivity index (χ3v) is 2.61. The zero-order chi connectivity index (χ0) is 12.2. The van der Waals surface area contributed by atoms with Gasteiger partial charge in [-0.1, -0.05) is 5.92 Å². The van der Waals surface area contributed by atoms with Crippen LogP contribution in [0.2, 0.25) is 0 Å². The summed E-state index contributed by atoms with van der Waals surface area (Å²) in [6.07, 6.45) is 0. The van der Waals surface area contributed by atoms with Gasteiger partial charge < -0.3 is 4.74 Å². The molecule has 0 heterocycles. The van der Waals surface area contributed by atoms with Crippen molar-refractivity contribution < 1.29 is 17.9 Å². The van der Waals surface area contributed by atoms with E-state index in [9.17, 15) is 13.2 Å². The molecule has 0 saturated carbocycles. The van der Waals surface area contributed by atoms with Crippen LogP contribution in [0.3, 0.4) is 0 Å². The van der Waals surface area contributed by atoms with E-state index in [0.717, 1.165) is 0 Å². The summed E-state index contributed by atoms with van der Waals surface area (Å²) in [6, 6.07) is 5.54. The van der Waals surface area contributed by atoms with E-state index in [1.165, 1.54) is 31.4 Å². The van der Waals surface area contributed by atoms with Gasteiger partial charge in [0.25, 0.3) is 0 Å². The SMILES string of the molecule is COC(=O)C#Cc1ccc(S(N)(=O)=O)cc1. The molecule has 0 aliphatic rings. The second kappa shape index (κ2) is 4.79. The number of carbonyl (C=O) groups is 1. The summed E-state index contributed by atoms with van der Waals surface area (Å²) in [5, 5.41) is 4.91. The molecule has 0 aliphatic heterocycles. The maximum absolute atomic E-state index is 10.9. The second-order valence-electron chi connectivity index (χ2n) is 2.81. The van der Waals surface area contributed by atoms with Crippen LogP contribution in [0.15, 0.2) is 29.2 Å². The molecule has 0 spiro atoms. The Kier molecular flexibility index (Phi) is 3.66. The maximum Gasteiger partial charge on any atom is 0.384 e. The van der Waals surface area contributed by atoms with Crippen LogP contribution in [-0.4, -0.2) is 21.5 Å². The highest BCUT2D eigenvalue weighted by Crippen LogP contribution is 2.07. The predicted octanol–water partition coefficient (Wildman–Crippen LogP) is -0.141. The van der Waals surface area contributed by atoms with E-state index >= 15 is 0 Å². The molecule has 0 bridgehead atoms. The third kappa shape index (κ3) is 3.38. The molecule has 0 amide bonds. The van der Waals surface area contributed by atoms with E-state index in [1.54, 1.807) is 0 Å². The number of carbonyl (C=O) groups excluding carboxylic acids is 1. The summed E-state index contributed by atoms with van der Waals surface area (Å²) in [6.45, 7) is 0. The minimum Gasteiger partial charge on any atom is -0.459 e. The van der Waals surface area contributed by atoms with Crippen molar-refractivity contribution in [3.05, 3.63) is 29.8 Å². The zero-order valence-corrected chi connectivity index (χ0v) is 9.24. The van der Waals surface area contributed by atoms with Crippen LogP contribution in [0.1, 0.15) is 5.56 Å². The Balaban J connectivity index is 2.95. The quantitative estimate of drug-likeness (QED) is 0.546. The number of benzene rings is 1. The Morgan fingerprint density at radius 3 is 2.31 bits per heavy atom. The lowest BCUT2D eigenvalue weighted by molar-refractivity contribution is -0.133. The molecule has 0 aromatic heterocycles. The van der Waals surface area contributed by atoms with Crippen molar-refractivity contribution >= 4 is 16.0 Å². The Labute approximate surface area is 93.3 Å². The number of esters is 1. The van der Waals surface area contributed by atoms with Gasteiger partial charge in [-0.25, -0.2) is 18.4 Å². The van der Waals surface area contributed by atoms with Gasteiger partial charge in [0.1, 0.15) is 0 Å². The third-order valence-electron chi connectivity index (χ3n) is 1.68. The molecule has 0 unspecified atom stereocenters. The average Bonchev–Trinajstić information content (AvgIpc) is 2.25. The fourth-order valence-electron chi connectivity index (χ4n) is 0.902. The van der Waals surface area contributed by atoms with Gasteiger partial charge in [-0.3, -0.25) is 0 Å². The first-order chi connectivity index (χ1) is 7.43. The molecule has 16 heavy (non-hydrogen) atoms. The highest BCUT2D eigenvalue weighted by atomic mass is 32.2. The van der Waals surface area contributed by atoms with Gasteiger partial charge in [-0.15, -0.1) is 0 Å². The van der Waals surface area contributed by atoms with E-state index < -0.39 is 16.0 Å². The molecule has 1 aromatic rings. The average molecular weight is 239 g/mol. The fourth-order valence-corrected chi connectivity index (χ4v) is 1.42. The first kappa shape index (κ1) is 12.2. The van der Waals surface area contributed by atoms with E-state index in [0.29, 0.717) is 5.56 Å². The number of ether oxygens (including phenoxy) is 1. The zero-order valence-electron chi connectivity index (χ0n) is 8.43. The minimum atomic E-state index is -3.70. The van der Waals surface area contributed by atoms with E-state index in [2.05, 4.69) is 16.6 Å². The van der Waals surface area contributed by atoms with E-state index in [4.69, 9.17) is 5.14 Å². The van der Waals surface area contributed by atoms with Crippen LogP contribution in [0.5, 0.6) is 0 Å². The summed E-state index contributed by atoms with van der Waals surface area (Å²) in [4.78, 5) is 10.7. The molecule has 5 nitrogen and oxygen atoms in total. The molecular weight excluding hydrogens is 230 g/mol. The lowest BCUT2D eigenvalue weighted by Crippen LogP contribution is -2.11. The molecule has 0 aliphatic carbocycles. The summed E-state index contributed by atoms with van der Waals surface area (Å²) in [7, 11) is -2.47. The van der Waals surface area contributed by atoms with Crippen LogP contribution in [0.25, 0.3) is 0 Å². The first-order valence-corrected chi connectivity index (χ1v) is 5.71. The Hall–Kier alpha value is -1.84. The Bertz CT molecular complexity index is 549. The molecule has 0 radical (unpaired) electrons. The van der Waals surface area contributed by atoms with Crippen molar-refractivity contribution in [3.8, 4) is 11.8 Å². The van der Waals surface area contributed by atoms with Crippen molar-refractivity contribution in [3.63, 3.8) is 0 Å². The molecule has 0 fully saturated rings. The van der Waals surface area contributed by atoms with Gasteiger partial charge in [0.05, 0.1) is 12.0 Å². The fraction of sp³-hybridized carbons (Fsp3) is 0.100. The van der Waals surface area contributed by atoms with Crippen LogP contribution in [-0.2, 0) is 19.6 Å². The molecule has 0 atom stereocenters. The van der Waals surface area contributed by atoms with E-state index in [-0.39, 0.29) is 4.90 Å². The first-order valence-electron chi connectivity index (χ1n) is 4.16. The van der Waals surface area contributed by atoms with Crippen molar-refractivity contribution in [2.45, 2.75) is 4.90 Å². The van der Waals surface area contributed by atoms with Crippen LogP contribution in [0, 0.1) is 11.8 Å². The standard InChI is InChI=1S/C10H9NO4S/c1-15-10(12)7-4-8-2-5-9(6-3-8)16(11,13)14/h2-3,5-6H,1H3,(H2,11,13,14). The lowest BCUT2D eigenvalue weighted by Gasteiger charge is -1.96. The smallest absolute Gasteiger partial charge is 0.384 e. The van der Waals surface area contributed by atoms with Crippen molar-refractivity contribution in [1.29, 1.82) is 0 Å². The van der Waals surface area contributed by atoms with Gasteiger partial charge in [0.2, 0.25) is 10.0 Å². The molecule has 1 rings (SSSR count). The van der Waals surface area contributed by atoms with Gasteiger partial charge in [0, 0.05) is 11.5 Å². The van der Waals surface area contributed by atoms with E-state index in [1.807, 2.05) is 0 Å². The Morgan fingerprint density at radius 2 is 1.88 bits per heavy atom. The monoisotopic (exact) mass is 239 g/mol. The highest BCUT2D eigenvalue weighted by Gasteiger charge is 2.05. The van der Waals surface area contributed by atoms with Gasteiger partial charge >= 0.3 is 5.97 Å². The second-order valence-corrected chi connectivity index (χ2v) is 4.37. The normalized spacial score (nSPS) is 10.1. The number of hydrogen-bond donors (Lipinski definition) is 1. The Morgan fingerprint density at radius 1 is 1.31 bits per heavy atom. The number of nitrogens with two attached hydrogens (primary N) is 1. The summed E-state index contributed by atoms with van der Waals surface area (Å²) >= 11 is 0. The molecule has 2 N–H and O–H groups in total. The topological polar surface area (TPSA) is 86.5 Å². The number of hydrogen-bond acceptors (Lipinski definition) is 4. The summed E-state index contributed by atoms with van der Waals surface area (Å²) in [5.74, 6) is 4.07. The lowest BCUT2D eigenvalue weighted by atomic mass is 10.2. The maximum atomic E-state index is 10.9.